The average Bonchev–Trinajstić information content (AvgIpc) is 3.04. The van der Waals surface area contributed by atoms with Gasteiger partial charge in [0, 0.05) is 25.3 Å². The van der Waals surface area contributed by atoms with E-state index in [0.29, 0.717) is 37.1 Å². The van der Waals surface area contributed by atoms with Crippen LogP contribution in [0.4, 0.5) is 4.39 Å². The second-order valence-corrected chi connectivity index (χ2v) is 10.1. The third kappa shape index (κ3) is 3.10. The van der Waals surface area contributed by atoms with Crippen LogP contribution in [0.25, 0.3) is 0 Å². The number of alkyl halides is 1. The van der Waals surface area contributed by atoms with E-state index >= 15 is 0 Å². The Kier molecular flexibility index (Phi) is 4.78. The molecule has 2 atom stereocenters. The first-order valence-electron chi connectivity index (χ1n) is 11.3. The molecule has 7 nitrogen and oxygen atoms in total. The van der Waals surface area contributed by atoms with Crippen LogP contribution in [0.1, 0.15) is 51.4 Å². The molecule has 30 heavy (non-hydrogen) atoms. The van der Waals surface area contributed by atoms with E-state index < -0.39 is 30.6 Å². The fourth-order valence-electron chi connectivity index (χ4n) is 7.08. The second-order valence-electron chi connectivity index (χ2n) is 10.1. The molecule has 6 rings (SSSR count). The van der Waals surface area contributed by atoms with E-state index in [1.807, 2.05) is 0 Å². The SMILES string of the molecule is CN1N=CC2C1C(O)=C(C(=O)NC13CC4CC(CC(C4)C1)C3)C(=O)N2CCCCF. The minimum atomic E-state index is -0.565. The first-order valence-corrected chi connectivity index (χ1v) is 11.3. The molecular formula is C22H31FN4O3. The van der Waals surface area contributed by atoms with Crippen molar-refractivity contribution in [3.05, 3.63) is 11.3 Å². The van der Waals surface area contributed by atoms with Crippen LogP contribution < -0.4 is 5.32 Å². The first-order chi connectivity index (χ1) is 14.4. The number of nitrogens with zero attached hydrogens (tertiary/aromatic N) is 3. The van der Waals surface area contributed by atoms with Gasteiger partial charge in [-0.25, -0.2) is 0 Å². The predicted octanol–water partition coefficient (Wildman–Crippen LogP) is 2.14. The Morgan fingerprint density at radius 2 is 1.87 bits per heavy atom. The Labute approximate surface area is 176 Å². The molecule has 6 aliphatic rings. The van der Waals surface area contributed by atoms with Gasteiger partial charge in [-0.1, -0.05) is 0 Å². The highest BCUT2D eigenvalue weighted by atomic mass is 19.1. The summed E-state index contributed by atoms with van der Waals surface area (Å²) in [5.74, 6) is 0.852. The minimum absolute atomic E-state index is 0.162. The largest absolute Gasteiger partial charge is 0.509 e. The van der Waals surface area contributed by atoms with Gasteiger partial charge in [0.2, 0.25) is 0 Å². The number of hydrogen-bond donors (Lipinski definition) is 2. The Hall–Kier alpha value is -2.12. The van der Waals surface area contributed by atoms with Crippen LogP contribution in [0.5, 0.6) is 0 Å². The molecule has 0 aromatic carbocycles. The van der Waals surface area contributed by atoms with Crippen molar-refractivity contribution in [2.24, 2.45) is 22.9 Å². The number of unbranched alkanes of at least 4 members (excludes halogenated alkanes) is 1. The molecule has 0 saturated heterocycles. The van der Waals surface area contributed by atoms with Gasteiger partial charge in [-0.2, -0.15) is 5.10 Å². The highest BCUT2D eigenvalue weighted by Gasteiger charge is 2.53. The van der Waals surface area contributed by atoms with Crippen LogP contribution in [0, 0.1) is 17.8 Å². The summed E-state index contributed by atoms with van der Waals surface area (Å²) in [6.45, 7) is -0.101. The maximum atomic E-state index is 13.4. The first kappa shape index (κ1) is 19.8. The van der Waals surface area contributed by atoms with Crippen molar-refractivity contribution in [3.8, 4) is 0 Å². The standard InChI is InChI=1S/C22H31FN4O3/c1-26-18-16(12-24-26)27(5-3-2-4-23)21(30)17(19(18)28)20(29)25-22-9-13-6-14(10-22)8-15(7-13)11-22/h12-16,18,28H,2-11H2,1H3,(H,25,29). The minimum Gasteiger partial charge on any atom is -0.509 e. The molecular weight excluding hydrogens is 387 g/mol. The molecule has 4 aliphatic carbocycles. The molecule has 4 saturated carbocycles. The lowest BCUT2D eigenvalue weighted by Crippen LogP contribution is -2.62. The van der Waals surface area contributed by atoms with E-state index in [1.165, 1.54) is 19.3 Å². The number of carbonyl (C=O) groups is 2. The van der Waals surface area contributed by atoms with Crippen LogP contribution >= 0.6 is 0 Å². The smallest absolute Gasteiger partial charge is 0.263 e. The van der Waals surface area contributed by atoms with Crippen molar-refractivity contribution in [2.45, 2.75) is 69.0 Å². The predicted molar refractivity (Wildman–Crippen MR) is 109 cm³/mol. The molecule has 0 aromatic heterocycles. The Morgan fingerprint density at radius 1 is 1.23 bits per heavy atom. The zero-order chi connectivity index (χ0) is 21.0. The molecule has 0 radical (unpaired) electrons. The van der Waals surface area contributed by atoms with E-state index in [-0.39, 0.29) is 16.9 Å². The van der Waals surface area contributed by atoms with Crippen molar-refractivity contribution in [2.75, 3.05) is 20.3 Å². The normalized spacial score (nSPS) is 39.1. The molecule has 8 heteroatoms. The molecule has 2 unspecified atom stereocenters. The second kappa shape index (κ2) is 7.24. The highest BCUT2D eigenvalue weighted by molar-refractivity contribution is 6.20. The maximum absolute atomic E-state index is 13.4. The Bertz CT molecular complexity index is 775. The van der Waals surface area contributed by atoms with Gasteiger partial charge in [-0.05, 0) is 69.1 Å². The lowest BCUT2D eigenvalue weighted by molar-refractivity contribution is -0.135. The maximum Gasteiger partial charge on any atom is 0.263 e. The molecule has 4 bridgehead atoms. The van der Waals surface area contributed by atoms with Gasteiger partial charge in [0.25, 0.3) is 11.8 Å². The number of halogens is 1. The van der Waals surface area contributed by atoms with Crippen molar-refractivity contribution < 1.29 is 19.1 Å². The number of hydrazone groups is 1. The lowest BCUT2D eigenvalue weighted by Gasteiger charge is -2.57. The molecule has 4 fully saturated rings. The zero-order valence-electron chi connectivity index (χ0n) is 17.5. The van der Waals surface area contributed by atoms with Gasteiger partial charge in [0.15, 0.2) is 0 Å². The number of aliphatic hydroxyl groups excluding tert-OH is 1. The summed E-state index contributed by atoms with van der Waals surface area (Å²) in [4.78, 5) is 28.2. The quantitative estimate of drug-likeness (QED) is 0.511. The average molecular weight is 419 g/mol. The van der Waals surface area contributed by atoms with Crippen LogP contribution in [-0.2, 0) is 9.59 Å². The van der Waals surface area contributed by atoms with E-state index in [1.54, 1.807) is 23.2 Å². The lowest BCUT2D eigenvalue weighted by atomic mass is 9.53. The zero-order valence-corrected chi connectivity index (χ0v) is 17.5. The van der Waals surface area contributed by atoms with Crippen LogP contribution in [0.2, 0.25) is 0 Å². The number of amides is 2. The number of carbonyl (C=O) groups excluding carboxylic acids is 2. The monoisotopic (exact) mass is 418 g/mol. The summed E-state index contributed by atoms with van der Waals surface area (Å²) in [5.41, 5.74) is -0.405. The molecule has 2 heterocycles. The van der Waals surface area contributed by atoms with Gasteiger partial charge in [0.05, 0.1) is 12.7 Å². The summed E-state index contributed by atoms with van der Waals surface area (Å²) in [6, 6.07) is -0.997. The summed E-state index contributed by atoms with van der Waals surface area (Å²) in [6.07, 6.45) is 9.20. The van der Waals surface area contributed by atoms with E-state index in [4.69, 9.17) is 0 Å². The van der Waals surface area contributed by atoms with Gasteiger partial charge >= 0.3 is 0 Å². The topological polar surface area (TPSA) is 85.2 Å². The highest BCUT2D eigenvalue weighted by Crippen LogP contribution is 2.55. The van der Waals surface area contributed by atoms with E-state index in [0.717, 1.165) is 19.3 Å². The van der Waals surface area contributed by atoms with Gasteiger partial charge < -0.3 is 15.3 Å². The third-order valence-electron chi connectivity index (χ3n) is 7.93. The van der Waals surface area contributed by atoms with Crippen LogP contribution in [0.3, 0.4) is 0 Å². The molecule has 2 aliphatic heterocycles. The van der Waals surface area contributed by atoms with E-state index in [2.05, 4.69) is 10.4 Å². The number of nitrogens with one attached hydrogen (secondary N) is 1. The van der Waals surface area contributed by atoms with Gasteiger partial charge in [-0.3, -0.25) is 19.0 Å². The number of aliphatic hydroxyl groups is 1. The summed E-state index contributed by atoms with van der Waals surface area (Å²) >= 11 is 0. The summed E-state index contributed by atoms with van der Waals surface area (Å²) < 4.78 is 12.6. The molecule has 164 valence electrons. The Balaban J connectivity index is 1.40. The van der Waals surface area contributed by atoms with Crippen molar-refractivity contribution in [1.29, 1.82) is 0 Å². The van der Waals surface area contributed by atoms with Crippen LogP contribution in [0.15, 0.2) is 16.4 Å². The number of hydrogen-bond acceptors (Lipinski definition) is 5. The van der Waals surface area contributed by atoms with Gasteiger partial charge in [-0.15, -0.1) is 0 Å². The number of likely N-dealkylation sites (N-methyl/N-ethyl adjacent to an activating group) is 1. The van der Waals surface area contributed by atoms with Gasteiger partial charge in [0.1, 0.15) is 17.4 Å². The molecule has 2 amide bonds. The summed E-state index contributed by atoms with van der Waals surface area (Å²) in [7, 11) is 1.72. The molecule has 2 N–H and O–H groups in total. The number of rotatable bonds is 6. The molecule has 0 aromatic rings. The number of fused-ring (bicyclic) bond motifs is 1. The third-order valence-corrected chi connectivity index (χ3v) is 7.93. The van der Waals surface area contributed by atoms with Crippen molar-refractivity contribution in [3.63, 3.8) is 0 Å². The molecule has 0 spiro atoms. The van der Waals surface area contributed by atoms with E-state index in [9.17, 15) is 19.1 Å². The Morgan fingerprint density at radius 3 is 2.47 bits per heavy atom. The van der Waals surface area contributed by atoms with Crippen molar-refractivity contribution in [1.82, 2.24) is 15.2 Å². The summed E-state index contributed by atoms with van der Waals surface area (Å²) in [5, 5.41) is 20.0. The fraction of sp³-hybridized carbons (Fsp3) is 0.773. The van der Waals surface area contributed by atoms with Crippen LogP contribution in [-0.4, -0.2) is 70.9 Å². The van der Waals surface area contributed by atoms with Crippen molar-refractivity contribution >= 4 is 18.0 Å². The fourth-order valence-corrected chi connectivity index (χ4v) is 7.08.